The van der Waals surface area contributed by atoms with Crippen LogP contribution in [-0.2, 0) is 6.42 Å². The average Bonchev–Trinajstić information content (AvgIpc) is 2.39. The highest BCUT2D eigenvalue weighted by Crippen LogP contribution is 2.40. The number of carbonyl (C=O) groups is 1. The Morgan fingerprint density at radius 3 is 2.53 bits per heavy atom. The van der Waals surface area contributed by atoms with Crippen molar-refractivity contribution in [3.63, 3.8) is 0 Å². The van der Waals surface area contributed by atoms with Crippen LogP contribution in [0.15, 0.2) is 30.3 Å². The predicted molar refractivity (Wildman–Crippen MR) is 69.0 cm³/mol. The lowest BCUT2D eigenvalue weighted by Crippen LogP contribution is -2.15. The van der Waals surface area contributed by atoms with Crippen LogP contribution in [-0.4, -0.2) is 23.1 Å². The van der Waals surface area contributed by atoms with Crippen molar-refractivity contribution < 1.29 is 19.7 Å². The van der Waals surface area contributed by atoms with Crippen molar-refractivity contribution in [1.82, 2.24) is 0 Å². The first kappa shape index (κ1) is 11.6. The number of methoxy groups -OCH3 is 1. The molecule has 0 saturated carbocycles. The molecule has 0 spiro atoms. The Morgan fingerprint density at radius 2 is 1.79 bits per heavy atom. The van der Waals surface area contributed by atoms with E-state index < -0.39 is 0 Å². The highest BCUT2D eigenvalue weighted by molar-refractivity contribution is 6.15. The third-order valence-electron chi connectivity index (χ3n) is 3.41. The zero-order chi connectivity index (χ0) is 13.6. The molecule has 2 aromatic carbocycles. The number of aromatic hydroxyl groups is 2. The maximum Gasteiger partial charge on any atom is 0.201 e. The van der Waals surface area contributed by atoms with Crippen molar-refractivity contribution in [3.05, 3.63) is 52.6 Å². The average molecular weight is 256 g/mol. The molecule has 96 valence electrons. The summed E-state index contributed by atoms with van der Waals surface area (Å²) in [5.41, 5.74) is 1.98. The first-order chi connectivity index (χ1) is 9.13. The van der Waals surface area contributed by atoms with Crippen LogP contribution in [0, 0.1) is 0 Å². The predicted octanol–water partition coefficient (Wildman–Crippen LogP) is 2.24. The molecule has 0 fully saturated rings. The van der Waals surface area contributed by atoms with Gasteiger partial charge in [-0.1, -0.05) is 18.2 Å². The molecule has 0 saturated heterocycles. The molecule has 1 aliphatic rings. The second kappa shape index (κ2) is 4.02. The molecule has 0 amide bonds. The van der Waals surface area contributed by atoms with Crippen molar-refractivity contribution in [2.45, 2.75) is 6.42 Å². The Morgan fingerprint density at radius 1 is 1.05 bits per heavy atom. The van der Waals surface area contributed by atoms with Gasteiger partial charge in [0, 0.05) is 0 Å². The van der Waals surface area contributed by atoms with E-state index in [1.165, 1.54) is 13.2 Å². The second-order valence-electron chi connectivity index (χ2n) is 4.47. The lowest BCUT2D eigenvalue weighted by atomic mass is 9.84. The number of hydrogen-bond donors (Lipinski definition) is 2. The monoisotopic (exact) mass is 256 g/mol. The van der Waals surface area contributed by atoms with Gasteiger partial charge in [0.1, 0.15) is 5.75 Å². The van der Waals surface area contributed by atoms with Gasteiger partial charge in [-0.2, -0.15) is 0 Å². The van der Waals surface area contributed by atoms with Gasteiger partial charge in [-0.25, -0.2) is 0 Å². The lowest BCUT2D eigenvalue weighted by Gasteiger charge is -2.21. The Balaban J connectivity index is 2.26. The molecule has 0 radical (unpaired) electrons. The molecule has 0 bridgehead atoms. The number of fused-ring (bicyclic) bond motifs is 2. The van der Waals surface area contributed by atoms with Crippen LogP contribution in [0.2, 0.25) is 0 Å². The van der Waals surface area contributed by atoms with Crippen LogP contribution in [0.4, 0.5) is 0 Å². The highest BCUT2D eigenvalue weighted by atomic mass is 16.5. The van der Waals surface area contributed by atoms with Crippen molar-refractivity contribution in [1.29, 1.82) is 0 Å². The number of benzene rings is 2. The number of rotatable bonds is 1. The van der Waals surface area contributed by atoms with Crippen molar-refractivity contribution in [2.75, 3.05) is 7.11 Å². The van der Waals surface area contributed by atoms with Crippen LogP contribution < -0.4 is 4.74 Å². The first-order valence-electron chi connectivity index (χ1n) is 5.88. The van der Waals surface area contributed by atoms with E-state index in [0.717, 1.165) is 11.1 Å². The summed E-state index contributed by atoms with van der Waals surface area (Å²) in [4.78, 5) is 12.4. The molecule has 0 unspecified atom stereocenters. The van der Waals surface area contributed by atoms with Gasteiger partial charge in [-0.3, -0.25) is 4.79 Å². The smallest absolute Gasteiger partial charge is 0.201 e. The molecule has 2 aromatic rings. The van der Waals surface area contributed by atoms with Crippen LogP contribution in [0.1, 0.15) is 27.0 Å². The Bertz CT molecular complexity index is 689. The third kappa shape index (κ3) is 1.57. The van der Waals surface area contributed by atoms with Gasteiger partial charge < -0.3 is 14.9 Å². The summed E-state index contributed by atoms with van der Waals surface area (Å²) in [5, 5.41) is 19.9. The zero-order valence-corrected chi connectivity index (χ0v) is 10.3. The van der Waals surface area contributed by atoms with Crippen molar-refractivity contribution >= 4 is 5.78 Å². The van der Waals surface area contributed by atoms with Crippen LogP contribution >= 0.6 is 0 Å². The topological polar surface area (TPSA) is 66.8 Å². The Kier molecular flexibility index (Phi) is 2.45. The summed E-state index contributed by atoms with van der Waals surface area (Å²) in [6.07, 6.45) is 0.502. The molecule has 0 heterocycles. The molecular formula is C15H12O4. The second-order valence-corrected chi connectivity index (χ2v) is 4.47. The summed E-state index contributed by atoms with van der Waals surface area (Å²) in [6, 6.07) is 8.37. The van der Waals surface area contributed by atoms with Crippen LogP contribution in [0.5, 0.6) is 17.2 Å². The Labute approximate surface area is 109 Å². The minimum atomic E-state index is -0.370. The molecule has 3 rings (SSSR count). The van der Waals surface area contributed by atoms with Gasteiger partial charge in [0.2, 0.25) is 5.78 Å². The quantitative estimate of drug-likeness (QED) is 0.700. The molecule has 2 N–H and O–H groups in total. The van der Waals surface area contributed by atoms with E-state index in [2.05, 4.69) is 0 Å². The fourth-order valence-electron chi connectivity index (χ4n) is 2.51. The van der Waals surface area contributed by atoms with Gasteiger partial charge in [0.25, 0.3) is 0 Å². The van der Waals surface area contributed by atoms with Gasteiger partial charge >= 0.3 is 0 Å². The highest BCUT2D eigenvalue weighted by Gasteiger charge is 2.29. The van der Waals surface area contributed by atoms with E-state index in [1.807, 2.05) is 0 Å². The minimum Gasteiger partial charge on any atom is -0.507 e. The molecule has 0 aromatic heterocycles. The summed E-state index contributed by atoms with van der Waals surface area (Å²) in [5.74, 6) is -0.342. The minimum absolute atomic E-state index is 0.0598. The summed E-state index contributed by atoms with van der Waals surface area (Å²) in [6.45, 7) is 0. The molecule has 19 heavy (non-hydrogen) atoms. The number of phenols is 2. The number of ether oxygens (including phenoxy) is 1. The normalized spacial score (nSPS) is 12.8. The van der Waals surface area contributed by atoms with E-state index >= 15 is 0 Å². The third-order valence-corrected chi connectivity index (χ3v) is 3.41. The number of ketones is 1. The molecular weight excluding hydrogens is 244 g/mol. The molecule has 1 aliphatic carbocycles. The molecule has 4 nitrogen and oxygen atoms in total. The number of carbonyl (C=O) groups excluding carboxylic acids is 1. The van der Waals surface area contributed by atoms with E-state index in [9.17, 15) is 15.0 Å². The van der Waals surface area contributed by atoms with Crippen molar-refractivity contribution in [3.8, 4) is 17.2 Å². The van der Waals surface area contributed by atoms with Gasteiger partial charge in [0.05, 0.1) is 18.2 Å². The molecule has 0 aliphatic heterocycles. The standard InChI is InChI=1S/C15H12O4/c1-19-11-6-5-9-7-8-3-2-4-10(16)12(8)15(18)13(9)14(11)17/h2-6,16-17H,7H2,1H3. The van der Waals surface area contributed by atoms with Crippen LogP contribution in [0.3, 0.4) is 0 Å². The fraction of sp³-hybridized carbons (Fsp3) is 0.133. The molecule has 0 atom stereocenters. The van der Waals surface area contributed by atoms with Crippen LogP contribution in [0.25, 0.3) is 0 Å². The lowest BCUT2D eigenvalue weighted by molar-refractivity contribution is 0.102. The maximum atomic E-state index is 12.4. The fourth-order valence-corrected chi connectivity index (χ4v) is 2.51. The van der Waals surface area contributed by atoms with E-state index in [4.69, 9.17) is 4.74 Å². The first-order valence-corrected chi connectivity index (χ1v) is 5.88. The number of hydrogen-bond acceptors (Lipinski definition) is 4. The van der Waals surface area contributed by atoms with E-state index in [1.54, 1.807) is 24.3 Å². The van der Waals surface area contributed by atoms with E-state index in [0.29, 0.717) is 6.42 Å². The largest absolute Gasteiger partial charge is 0.507 e. The maximum absolute atomic E-state index is 12.4. The van der Waals surface area contributed by atoms with E-state index in [-0.39, 0.29) is 34.2 Å². The SMILES string of the molecule is COc1ccc2c(c1O)C(=O)c1c(O)cccc1C2. The Hall–Kier alpha value is -2.49. The number of phenolic OH excluding ortho intramolecular Hbond substituents is 2. The van der Waals surface area contributed by atoms with Gasteiger partial charge in [-0.15, -0.1) is 0 Å². The van der Waals surface area contributed by atoms with Gasteiger partial charge in [0.15, 0.2) is 11.5 Å². The summed E-state index contributed by atoms with van der Waals surface area (Å²) >= 11 is 0. The summed E-state index contributed by atoms with van der Waals surface area (Å²) < 4.78 is 5.01. The zero-order valence-electron chi connectivity index (χ0n) is 10.3. The summed E-state index contributed by atoms with van der Waals surface area (Å²) in [7, 11) is 1.43. The van der Waals surface area contributed by atoms with Gasteiger partial charge in [-0.05, 0) is 29.7 Å². The molecule has 4 heteroatoms. The van der Waals surface area contributed by atoms with Crippen molar-refractivity contribution in [2.24, 2.45) is 0 Å².